The van der Waals surface area contributed by atoms with Gasteiger partial charge in [-0.15, -0.1) is 0 Å². The van der Waals surface area contributed by atoms with Gasteiger partial charge in [0.15, 0.2) is 0 Å². The van der Waals surface area contributed by atoms with Gasteiger partial charge in [0.05, 0.1) is 6.42 Å². The summed E-state index contributed by atoms with van der Waals surface area (Å²) in [4.78, 5) is 11.3. The number of alkyl halides is 3. The molecule has 0 saturated carbocycles. The van der Waals surface area contributed by atoms with Crippen LogP contribution in [-0.4, -0.2) is 12.5 Å². The molecule has 0 bridgehead atoms. The fourth-order valence-corrected chi connectivity index (χ4v) is 3.11. The lowest BCUT2D eigenvalue weighted by Gasteiger charge is -2.21. The predicted molar refractivity (Wildman–Crippen MR) is 104 cm³/mol. The molecule has 2 rings (SSSR count). The maximum atomic E-state index is 13.4. The van der Waals surface area contributed by atoms with Crippen LogP contribution in [0.4, 0.5) is 13.2 Å². The highest BCUT2D eigenvalue weighted by atomic mass is 19.4. The van der Waals surface area contributed by atoms with Crippen molar-refractivity contribution >= 4 is 11.9 Å². The number of carbonyl (C=O) groups excluding carboxylic acids is 1. The zero-order valence-corrected chi connectivity index (χ0v) is 15.7. The minimum atomic E-state index is -4.32. The van der Waals surface area contributed by atoms with Gasteiger partial charge in [0.25, 0.3) is 0 Å². The minimum absolute atomic E-state index is 0.273. The molecule has 4 heteroatoms. The number of halogens is 3. The normalized spacial score (nSPS) is 12.4. The van der Waals surface area contributed by atoms with Crippen LogP contribution >= 0.6 is 0 Å². The van der Waals surface area contributed by atoms with Crippen LogP contribution in [0.15, 0.2) is 71.3 Å². The highest BCUT2D eigenvalue weighted by Gasteiger charge is 2.31. The molecule has 0 aliphatic carbocycles. The Morgan fingerprint density at radius 1 is 0.889 bits per heavy atom. The maximum Gasteiger partial charge on any atom is 0.393 e. The molecule has 0 aliphatic rings. The van der Waals surface area contributed by atoms with E-state index < -0.39 is 12.6 Å². The van der Waals surface area contributed by atoms with Gasteiger partial charge in [0.2, 0.25) is 0 Å². The fourth-order valence-electron chi connectivity index (χ4n) is 3.11. The number of rotatable bonds is 6. The molecular formula is C23H23F3O. The first-order valence-electron chi connectivity index (χ1n) is 8.74. The third kappa shape index (κ3) is 5.68. The number of carbonyl (C=O) groups is 1. The van der Waals surface area contributed by atoms with Crippen LogP contribution in [0.5, 0.6) is 0 Å². The second-order valence-corrected chi connectivity index (χ2v) is 6.73. The van der Waals surface area contributed by atoms with E-state index in [0.29, 0.717) is 16.7 Å². The Morgan fingerprint density at radius 3 is 2.04 bits per heavy atom. The molecule has 0 aliphatic heterocycles. The van der Waals surface area contributed by atoms with Gasteiger partial charge in [-0.05, 0) is 55.0 Å². The molecule has 2 aromatic carbocycles. The maximum absolute atomic E-state index is 13.4. The lowest BCUT2D eigenvalue weighted by atomic mass is 9.86. The van der Waals surface area contributed by atoms with E-state index in [1.54, 1.807) is 31.2 Å². The summed E-state index contributed by atoms with van der Waals surface area (Å²) in [6.45, 7) is 5.35. The quantitative estimate of drug-likeness (QED) is 0.402. The summed E-state index contributed by atoms with van der Waals surface area (Å²) in [5, 5.41) is 0. The summed E-state index contributed by atoms with van der Waals surface area (Å²) in [6.07, 6.45) is -4.30. The summed E-state index contributed by atoms with van der Waals surface area (Å²) >= 11 is 0. The Hall–Kier alpha value is -2.62. The average Bonchev–Trinajstić information content (AvgIpc) is 2.64. The van der Waals surface area contributed by atoms with Gasteiger partial charge in [-0.1, -0.05) is 60.2 Å². The van der Waals surface area contributed by atoms with Crippen molar-refractivity contribution in [2.24, 2.45) is 0 Å². The summed E-state index contributed by atoms with van der Waals surface area (Å²) < 4.78 is 40.1. The van der Waals surface area contributed by atoms with Crippen molar-refractivity contribution in [1.29, 1.82) is 0 Å². The van der Waals surface area contributed by atoms with Gasteiger partial charge in [0.1, 0.15) is 6.29 Å². The summed E-state index contributed by atoms with van der Waals surface area (Å²) in [6, 6.07) is 16.1. The number of hydrogen-bond acceptors (Lipinski definition) is 1. The zero-order chi connectivity index (χ0) is 20.0. The van der Waals surface area contributed by atoms with E-state index in [1.165, 1.54) is 0 Å². The molecule has 0 atom stereocenters. The van der Waals surface area contributed by atoms with Crippen LogP contribution < -0.4 is 0 Å². The zero-order valence-electron chi connectivity index (χ0n) is 15.7. The SMILES string of the molecule is CC(C)=C(Cc1ccccc1C=O)/C(CC(F)(F)F)=C(\C)c1ccccc1. The van der Waals surface area contributed by atoms with Gasteiger partial charge in [-0.3, -0.25) is 4.79 Å². The molecule has 0 heterocycles. The molecule has 0 amide bonds. The third-order valence-electron chi connectivity index (χ3n) is 4.55. The highest BCUT2D eigenvalue weighted by molar-refractivity contribution is 5.78. The highest BCUT2D eigenvalue weighted by Crippen LogP contribution is 2.36. The van der Waals surface area contributed by atoms with E-state index in [-0.39, 0.29) is 12.0 Å². The minimum Gasteiger partial charge on any atom is -0.298 e. The first kappa shape index (κ1) is 20.7. The van der Waals surface area contributed by atoms with Crippen LogP contribution in [-0.2, 0) is 6.42 Å². The monoisotopic (exact) mass is 372 g/mol. The van der Waals surface area contributed by atoms with E-state index in [2.05, 4.69) is 0 Å². The van der Waals surface area contributed by atoms with E-state index in [0.717, 1.165) is 23.0 Å². The molecule has 0 spiro atoms. The Balaban J connectivity index is 2.60. The molecule has 2 aromatic rings. The molecule has 0 fully saturated rings. The third-order valence-corrected chi connectivity index (χ3v) is 4.55. The molecule has 0 radical (unpaired) electrons. The summed E-state index contributed by atoms with van der Waals surface area (Å²) in [5.74, 6) is 0. The topological polar surface area (TPSA) is 17.1 Å². The lowest BCUT2D eigenvalue weighted by molar-refractivity contribution is -0.126. The van der Waals surface area contributed by atoms with Crippen LogP contribution in [0.3, 0.4) is 0 Å². The molecule has 1 nitrogen and oxygen atoms in total. The molecular weight excluding hydrogens is 349 g/mol. The van der Waals surface area contributed by atoms with Crippen LogP contribution in [0.25, 0.3) is 5.57 Å². The first-order chi connectivity index (χ1) is 12.7. The smallest absolute Gasteiger partial charge is 0.298 e. The van der Waals surface area contributed by atoms with Crippen molar-refractivity contribution in [3.05, 3.63) is 88.0 Å². The second-order valence-electron chi connectivity index (χ2n) is 6.73. The predicted octanol–water partition coefficient (Wildman–Crippen LogP) is 6.80. The largest absolute Gasteiger partial charge is 0.393 e. The number of allylic oxidation sites excluding steroid dienone is 4. The molecule has 0 aromatic heterocycles. The van der Waals surface area contributed by atoms with Gasteiger partial charge in [-0.2, -0.15) is 13.2 Å². The Labute approximate surface area is 158 Å². The molecule has 27 heavy (non-hydrogen) atoms. The van der Waals surface area contributed by atoms with Crippen molar-refractivity contribution in [2.45, 2.75) is 39.8 Å². The number of hydrogen-bond donors (Lipinski definition) is 0. The fraction of sp³-hybridized carbons (Fsp3) is 0.261. The Kier molecular flexibility index (Phi) is 6.78. The van der Waals surface area contributed by atoms with Crippen molar-refractivity contribution in [2.75, 3.05) is 0 Å². The molecule has 0 saturated heterocycles. The van der Waals surface area contributed by atoms with E-state index in [1.807, 2.05) is 44.2 Å². The first-order valence-corrected chi connectivity index (χ1v) is 8.74. The van der Waals surface area contributed by atoms with Gasteiger partial charge >= 0.3 is 6.18 Å². The van der Waals surface area contributed by atoms with Crippen LogP contribution in [0, 0.1) is 0 Å². The van der Waals surface area contributed by atoms with Crippen molar-refractivity contribution in [3.63, 3.8) is 0 Å². The summed E-state index contributed by atoms with van der Waals surface area (Å²) in [7, 11) is 0. The van der Waals surface area contributed by atoms with Gasteiger partial charge in [-0.25, -0.2) is 0 Å². The van der Waals surface area contributed by atoms with Crippen LogP contribution in [0.1, 0.15) is 48.7 Å². The van der Waals surface area contributed by atoms with Crippen molar-refractivity contribution in [1.82, 2.24) is 0 Å². The second kappa shape index (κ2) is 8.85. The summed E-state index contributed by atoms with van der Waals surface area (Å²) in [5.41, 5.74) is 4.30. The van der Waals surface area contributed by atoms with Crippen LogP contribution in [0.2, 0.25) is 0 Å². The van der Waals surface area contributed by atoms with E-state index >= 15 is 0 Å². The van der Waals surface area contributed by atoms with Crippen molar-refractivity contribution < 1.29 is 18.0 Å². The Morgan fingerprint density at radius 2 is 1.48 bits per heavy atom. The van der Waals surface area contributed by atoms with Gasteiger partial charge in [0, 0.05) is 5.56 Å². The van der Waals surface area contributed by atoms with Crippen molar-refractivity contribution in [3.8, 4) is 0 Å². The molecule has 0 unspecified atom stereocenters. The average molecular weight is 372 g/mol. The Bertz CT molecular complexity index is 855. The molecule has 0 N–H and O–H groups in total. The standard InChI is InChI=1S/C23H23F3O/c1-16(2)21(13-19-11-7-8-12-20(19)15-27)22(14-23(24,25)26)17(3)18-9-5-4-6-10-18/h4-12,15H,13-14H2,1-3H3/b22-17+. The number of benzene rings is 2. The van der Waals surface area contributed by atoms with E-state index in [9.17, 15) is 18.0 Å². The number of aldehydes is 1. The van der Waals surface area contributed by atoms with Gasteiger partial charge < -0.3 is 0 Å². The lowest BCUT2D eigenvalue weighted by Crippen LogP contribution is -2.13. The van der Waals surface area contributed by atoms with E-state index in [4.69, 9.17) is 0 Å². The molecule has 142 valence electrons.